The van der Waals surface area contributed by atoms with Gasteiger partial charge in [0.05, 0.1) is 6.61 Å². The summed E-state index contributed by atoms with van der Waals surface area (Å²) in [6, 6.07) is 2.19. The fraction of sp³-hybridized carbons (Fsp3) is 0.250. The van der Waals surface area contributed by atoms with Crippen molar-refractivity contribution in [2.75, 3.05) is 6.61 Å². The van der Waals surface area contributed by atoms with Gasteiger partial charge in [-0.1, -0.05) is 5.46 Å². The molecule has 0 aliphatic rings. The number of benzene rings is 1. The number of hydrogen-bond donors (Lipinski definition) is 0. The molecule has 1 aromatic carbocycles. The maximum Gasteiger partial charge on any atom is 0.167 e. The lowest BCUT2D eigenvalue weighted by atomic mass is 9.95. The van der Waals surface area contributed by atoms with Gasteiger partial charge in [-0.05, 0) is 13.0 Å². The summed E-state index contributed by atoms with van der Waals surface area (Å²) in [5, 5.41) is 0. The van der Waals surface area contributed by atoms with Crippen molar-refractivity contribution >= 4 is 13.3 Å². The minimum atomic E-state index is -0.653. The Morgan fingerprint density at radius 1 is 1.33 bits per heavy atom. The smallest absolute Gasteiger partial charge is 0.167 e. The zero-order valence-electron chi connectivity index (χ0n) is 7.03. The van der Waals surface area contributed by atoms with E-state index in [4.69, 9.17) is 4.74 Å². The molecule has 0 N–H and O–H groups in total. The Morgan fingerprint density at radius 2 is 2.00 bits per heavy atom. The minimum absolute atomic E-state index is 0.108. The molecule has 0 unspecified atom stereocenters. The van der Waals surface area contributed by atoms with Crippen LogP contribution < -0.4 is 10.2 Å². The van der Waals surface area contributed by atoms with E-state index in [9.17, 15) is 8.78 Å². The zero-order valence-corrected chi connectivity index (χ0v) is 7.03. The van der Waals surface area contributed by atoms with Crippen LogP contribution in [0.15, 0.2) is 12.1 Å². The third kappa shape index (κ3) is 1.75. The molecule has 12 heavy (non-hydrogen) atoms. The second kappa shape index (κ2) is 3.56. The molecule has 0 heterocycles. The van der Waals surface area contributed by atoms with E-state index in [1.807, 2.05) is 0 Å². The van der Waals surface area contributed by atoms with E-state index in [-0.39, 0.29) is 5.75 Å². The van der Waals surface area contributed by atoms with Crippen molar-refractivity contribution in [2.45, 2.75) is 6.92 Å². The topological polar surface area (TPSA) is 9.23 Å². The van der Waals surface area contributed by atoms with Crippen LogP contribution in [-0.2, 0) is 0 Å². The van der Waals surface area contributed by atoms with Crippen LogP contribution in [0.1, 0.15) is 6.92 Å². The second-order valence-electron chi connectivity index (χ2n) is 2.46. The lowest BCUT2D eigenvalue weighted by Gasteiger charge is -2.05. The van der Waals surface area contributed by atoms with Crippen molar-refractivity contribution in [1.82, 2.24) is 0 Å². The highest BCUT2D eigenvalue weighted by atomic mass is 19.1. The number of hydrogen-bond acceptors (Lipinski definition) is 1. The van der Waals surface area contributed by atoms with Crippen LogP contribution in [0.3, 0.4) is 0 Å². The summed E-state index contributed by atoms with van der Waals surface area (Å²) in [6.07, 6.45) is 0. The number of rotatable bonds is 2. The average Bonchev–Trinajstić information content (AvgIpc) is 2.01. The monoisotopic (exact) mass is 170 g/mol. The average molecular weight is 170 g/mol. The van der Waals surface area contributed by atoms with Crippen molar-refractivity contribution in [3.05, 3.63) is 23.8 Å². The largest absolute Gasteiger partial charge is 0.491 e. The molecule has 0 aliphatic carbocycles. The van der Waals surface area contributed by atoms with E-state index < -0.39 is 11.6 Å². The van der Waals surface area contributed by atoms with Gasteiger partial charge in [0.15, 0.2) is 11.6 Å². The second-order valence-corrected chi connectivity index (χ2v) is 2.46. The van der Waals surface area contributed by atoms with Crippen LogP contribution in [0.4, 0.5) is 8.78 Å². The van der Waals surface area contributed by atoms with Gasteiger partial charge in [-0.2, -0.15) is 0 Å². The van der Waals surface area contributed by atoms with Gasteiger partial charge in [0.2, 0.25) is 0 Å². The van der Waals surface area contributed by atoms with Crippen LogP contribution >= 0.6 is 0 Å². The van der Waals surface area contributed by atoms with E-state index in [1.165, 1.54) is 6.07 Å². The van der Waals surface area contributed by atoms with Gasteiger partial charge in [-0.3, -0.25) is 0 Å². The van der Waals surface area contributed by atoms with Crippen LogP contribution in [0, 0.1) is 11.6 Å². The lowest BCUT2D eigenvalue weighted by Crippen LogP contribution is -2.10. The summed E-state index contributed by atoms with van der Waals surface area (Å²) < 4.78 is 30.5. The highest BCUT2D eigenvalue weighted by Gasteiger charge is 2.06. The molecule has 64 valence electrons. The molecule has 1 rings (SSSR count). The Kier molecular flexibility index (Phi) is 2.68. The first-order valence-electron chi connectivity index (χ1n) is 3.73. The van der Waals surface area contributed by atoms with Crippen molar-refractivity contribution in [3.8, 4) is 5.75 Å². The molecule has 0 atom stereocenters. The van der Waals surface area contributed by atoms with Gasteiger partial charge in [-0.25, -0.2) is 8.78 Å². The molecule has 4 heteroatoms. The van der Waals surface area contributed by atoms with Gasteiger partial charge >= 0.3 is 0 Å². The predicted octanol–water partition coefficient (Wildman–Crippen LogP) is 0.622. The van der Waals surface area contributed by atoms with Gasteiger partial charge in [0.25, 0.3) is 0 Å². The summed E-state index contributed by atoms with van der Waals surface area (Å²) in [6.45, 7) is 2.13. The summed E-state index contributed by atoms with van der Waals surface area (Å²) in [5.41, 5.74) is 0.389. The first kappa shape index (κ1) is 9.04. The molecule has 0 saturated heterocycles. The molecule has 0 amide bonds. The Morgan fingerprint density at radius 3 is 2.58 bits per heavy atom. The number of ether oxygens (including phenoxy) is 1. The van der Waals surface area contributed by atoms with Crippen molar-refractivity contribution in [2.24, 2.45) is 0 Å². The van der Waals surface area contributed by atoms with E-state index in [0.717, 1.165) is 6.07 Å². The van der Waals surface area contributed by atoms with E-state index in [2.05, 4.69) is 0 Å². The molecule has 0 radical (unpaired) electrons. The molecule has 0 aromatic heterocycles. The summed E-state index contributed by atoms with van der Waals surface area (Å²) in [4.78, 5) is 0. The molecule has 1 nitrogen and oxygen atoms in total. The molecule has 0 saturated carbocycles. The van der Waals surface area contributed by atoms with Crippen LogP contribution in [0.5, 0.6) is 5.75 Å². The van der Waals surface area contributed by atoms with E-state index in [0.29, 0.717) is 12.1 Å². The molecule has 0 aliphatic heterocycles. The summed E-state index contributed by atoms with van der Waals surface area (Å²) >= 11 is 0. The maximum absolute atomic E-state index is 12.9. The van der Waals surface area contributed by atoms with Crippen molar-refractivity contribution < 1.29 is 13.5 Å². The van der Waals surface area contributed by atoms with Gasteiger partial charge in [-0.15, -0.1) is 0 Å². The zero-order chi connectivity index (χ0) is 9.14. The number of halogens is 2. The fourth-order valence-electron chi connectivity index (χ4n) is 0.897. The summed E-state index contributed by atoms with van der Waals surface area (Å²) in [7, 11) is 1.57. The third-order valence-electron chi connectivity index (χ3n) is 1.51. The molecule has 0 spiro atoms. The Bertz CT molecular complexity index is 289. The Labute approximate surface area is 70.8 Å². The first-order chi connectivity index (χ1) is 5.65. The standard InChI is InChI=1S/C8H9BF2O/c1-2-12-8-3-5(9)6(10)4-7(8)11/h3-4H,2,9H2,1H3. The Hall–Kier alpha value is -1.06. The highest BCUT2D eigenvalue weighted by Crippen LogP contribution is 2.15. The molecular formula is C8H9BF2O. The molecular weight excluding hydrogens is 161 g/mol. The van der Waals surface area contributed by atoms with Crippen molar-refractivity contribution in [1.29, 1.82) is 0 Å². The van der Waals surface area contributed by atoms with E-state index >= 15 is 0 Å². The van der Waals surface area contributed by atoms with Crippen LogP contribution in [0.2, 0.25) is 0 Å². The SMILES string of the molecule is Bc1cc(OCC)c(F)cc1F. The fourth-order valence-corrected chi connectivity index (χ4v) is 0.897. The first-order valence-corrected chi connectivity index (χ1v) is 3.73. The molecule has 0 bridgehead atoms. The molecule has 0 fully saturated rings. The molecule has 1 aromatic rings. The minimum Gasteiger partial charge on any atom is -0.491 e. The van der Waals surface area contributed by atoms with Crippen LogP contribution in [0.25, 0.3) is 0 Å². The summed E-state index contributed by atoms with van der Waals surface area (Å²) in [5.74, 6) is -1.09. The van der Waals surface area contributed by atoms with Crippen LogP contribution in [-0.4, -0.2) is 14.5 Å². The quantitative estimate of drug-likeness (QED) is 0.591. The van der Waals surface area contributed by atoms with E-state index in [1.54, 1.807) is 14.8 Å². The Balaban J connectivity index is 3.05. The van der Waals surface area contributed by atoms with Gasteiger partial charge in [0.1, 0.15) is 13.7 Å². The normalized spacial score (nSPS) is 9.92. The predicted molar refractivity (Wildman–Crippen MR) is 45.7 cm³/mol. The van der Waals surface area contributed by atoms with Crippen molar-refractivity contribution in [3.63, 3.8) is 0 Å². The highest BCUT2D eigenvalue weighted by molar-refractivity contribution is 6.32. The van der Waals surface area contributed by atoms with Gasteiger partial charge < -0.3 is 4.74 Å². The maximum atomic E-state index is 12.9. The third-order valence-corrected chi connectivity index (χ3v) is 1.51. The lowest BCUT2D eigenvalue weighted by molar-refractivity contribution is 0.321. The van der Waals surface area contributed by atoms with Gasteiger partial charge in [0, 0.05) is 6.07 Å².